The topological polar surface area (TPSA) is 15.7 Å². The fraction of sp³-hybridized carbons (Fsp3) is 0.364. The molecule has 0 unspecified atom stereocenters. The molecule has 0 aliphatic carbocycles. The molecule has 3 heteroatoms. The highest BCUT2D eigenvalue weighted by Gasteiger charge is 2.14. The van der Waals surface area contributed by atoms with Gasteiger partial charge >= 0.3 is 0 Å². The standard InChI is InChI=1S/C22H26N2O/c1-23-13-11-18(12-14-23)17-5-8-20(9-6-17)24(2)21-10-7-19-4-3-15-25-22(19)16-21/h5-11,16H,3-4,12-15H2,1-2H3. The minimum atomic E-state index is 0.833. The third-order valence-electron chi connectivity index (χ3n) is 5.32. The summed E-state index contributed by atoms with van der Waals surface area (Å²) < 4.78 is 5.82. The van der Waals surface area contributed by atoms with Crippen molar-refractivity contribution in [2.75, 3.05) is 38.7 Å². The van der Waals surface area contributed by atoms with E-state index in [1.165, 1.54) is 28.1 Å². The quantitative estimate of drug-likeness (QED) is 0.822. The number of likely N-dealkylation sites (N-methyl/N-ethyl adjacent to an activating group) is 1. The highest BCUT2D eigenvalue weighted by Crippen LogP contribution is 2.33. The molecular weight excluding hydrogens is 308 g/mol. The van der Waals surface area contributed by atoms with Crippen LogP contribution in [-0.4, -0.2) is 38.7 Å². The molecule has 0 saturated carbocycles. The van der Waals surface area contributed by atoms with Crippen molar-refractivity contribution in [3.05, 3.63) is 59.7 Å². The zero-order chi connectivity index (χ0) is 17.2. The Labute approximate surface area is 150 Å². The average Bonchev–Trinajstić information content (AvgIpc) is 2.68. The second-order valence-electron chi connectivity index (χ2n) is 7.09. The first-order valence-corrected chi connectivity index (χ1v) is 9.18. The van der Waals surface area contributed by atoms with Crippen LogP contribution in [0.2, 0.25) is 0 Å². The van der Waals surface area contributed by atoms with Gasteiger partial charge in [0, 0.05) is 37.6 Å². The van der Waals surface area contributed by atoms with E-state index in [1.807, 2.05) is 0 Å². The van der Waals surface area contributed by atoms with Crippen molar-refractivity contribution in [3.8, 4) is 5.75 Å². The molecule has 4 rings (SSSR count). The van der Waals surface area contributed by atoms with E-state index in [0.29, 0.717) is 0 Å². The molecule has 0 saturated heterocycles. The fourth-order valence-electron chi connectivity index (χ4n) is 3.62. The zero-order valence-electron chi connectivity index (χ0n) is 15.2. The van der Waals surface area contributed by atoms with Crippen molar-refractivity contribution in [1.29, 1.82) is 0 Å². The summed E-state index contributed by atoms with van der Waals surface area (Å²) in [7, 11) is 4.29. The molecule has 25 heavy (non-hydrogen) atoms. The van der Waals surface area contributed by atoms with Crippen molar-refractivity contribution >= 4 is 16.9 Å². The van der Waals surface area contributed by atoms with Gasteiger partial charge in [0.2, 0.25) is 0 Å². The van der Waals surface area contributed by atoms with Crippen LogP contribution in [0.3, 0.4) is 0 Å². The smallest absolute Gasteiger partial charge is 0.124 e. The normalized spacial score (nSPS) is 17.4. The summed E-state index contributed by atoms with van der Waals surface area (Å²) in [5.74, 6) is 1.05. The number of fused-ring (bicyclic) bond motifs is 1. The van der Waals surface area contributed by atoms with Crippen LogP contribution < -0.4 is 9.64 Å². The zero-order valence-corrected chi connectivity index (χ0v) is 15.2. The van der Waals surface area contributed by atoms with Crippen LogP contribution in [-0.2, 0) is 6.42 Å². The highest BCUT2D eigenvalue weighted by molar-refractivity contribution is 5.71. The summed E-state index contributed by atoms with van der Waals surface area (Å²) in [4.78, 5) is 4.58. The Morgan fingerprint density at radius 1 is 1.00 bits per heavy atom. The van der Waals surface area contributed by atoms with Gasteiger partial charge in [-0.2, -0.15) is 0 Å². The van der Waals surface area contributed by atoms with Crippen LogP contribution >= 0.6 is 0 Å². The molecule has 0 N–H and O–H groups in total. The molecule has 2 aromatic rings. The van der Waals surface area contributed by atoms with Crippen molar-refractivity contribution < 1.29 is 4.74 Å². The molecule has 0 bridgehead atoms. The minimum absolute atomic E-state index is 0.833. The largest absolute Gasteiger partial charge is 0.493 e. The number of hydrogen-bond donors (Lipinski definition) is 0. The molecule has 3 nitrogen and oxygen atoms in total. The molecule has 0 aromatic heterocycles. The van der Waals surface area contributed by atoms with Gasteiger partial charge in [-0.15, -0.1) is 0 Å². The van der Waals surface area contributed by atoms with E-state index in [4.69, 9.17) is 4.74 Å². The molecule has 2 aliphatic heterocycles. The number of benzene rings is 2. The summed E-state index contributed by atoms with van der Waals surface area (Å²) in [6.45, 7) is 3.02. The Hall–Kier alpha value is -2.26. The van der Waals surface area contributed by atoms with Gasteiger partial charge in [0.25, 0.3) is 0 Å². The van der Waals surface area contributed by atoms with Crippen molar-refractivity contribution in [3.63, 3.8) is 0 Å². The first kappa shape index (κ1) is 16.2. The molecule has 130 valence electrons. The number of hydrogen-bond acceptors (Lipinski definition) is 3. The average molecular weight is 334 g/mol. The molecule has 0 spiro atoms. The van der Waals surface area contributed by atoms with Crippen LogP contribution in [0.4, 0.5) is 11.4 Å². The number of ether oxygens (including phenoxy) is 1. The van der Waals surface area contributed by atoms with E-state index in [2.05, 4.69) is 72.4 Å². The first-order chi connectivity index (χ1) is 12.2. The molecule has 2 aliphatic rings. The van der Waals surface area contributed by atoms with Crippen LogP contribution in [0.25, 0.3) is 5.57 Å². The lowest BCUT2D eigenvalue weighted by Gasteiger charge is -2.24. The van der Waals surface area contributed by atoms with E-state index in [1.54, 1.807) is 0 Å². The summed E-state index contributed by atoms with van der Waals surface area (Å²) in [6.07, 6.45) is 5.73. The highest BCUT2D eigenvalue weighted by atomic mass is 16.5. The van der Waals surface area contributed by atoms with Gasteiger partial charge in [-0.25, -0.2) is 0 Å². The van der Waals surface area contributed by atoms with E-state index in [-0.39, 0.29) is 0 Å². The summed E-state index contributed by atoms with van der Waals surface area (Å²) in [6, 6.07) is 15.5. The second-order valence-corrected chi connectivity index (χ2v) is 7.09. The SMILES string of the molecule is CN1CC=C(c2ccc(N(C)c3ccc4c(c3)OCCC4)cc2)CC1. The van der Waals surface area contributed by atoms with Gasteiger partial charge in [-0.3, -0.25) is 0 Å². The Morgan fingerprint density at radius 2 is 1.80 bits per heavy atom. The lowest BCUT2D eigenvalue weighted by Crippen LogP contribution is -2.23. The molecule has 0 atom stereocenters. The van der Waals surface area contributed by atoms with E-state index < -0.39 is 0 Å². The van der Waals surface area contributed by atoms with Crippen LogP contribution in [0.15, 0.2) is 48.5 Å². The molecular formula is C22H26N2O. The van der Waals surface area contributed by atoms with Crippen molar-refractivity contribution in [2.45, 2.75) is 19.3 Å². The Kier molecular flexibility index (Phi) is 4.50. The minimum Gasteiger partial charge on any atom is -0.493 e. The maximum atomic E-state index is 5.82. The number of anilines is 2. The van der Waals surface area contributed by atoms with E-state index in [0.717, 1.165) is 44.7 Å². The second kappa shape index (κ2) is 6.93. The maximum Gasteiger partial charge on any atom is 0.124 e. The van der Waals surface area contributed by atoms with Crippen LogP contribution in [0, 0.1) is 0 Å². The van der Waals surface area contributed by atoms with Gasteiger partial charge in [0.05, 0.1) is 6.61 Å². The summed E-state index contributed by atoms with van der Waals surface area (Å²) in [5, 5.41) is 0. The summed E-state index contributed by atoms with van der Waals surface area (Å²) >= 11 is 0. The third-order valence-corrected chi connectivity index (χ3v) is 5.32. The fourth-order valence-corrected chi connectivity index (χ4v) is 3.62. The maximum absolute atomic E-state index is 5.82. The molecule has 2 heterocycles. The number of aryl methyl sites for hydroxylation is 1. The monoisotopic (exact) mass is 334 g/mol. The van der Waals surface area contributed by atoms with Gasteiger partial charge < -0.3 is 14.5 Å². The number of nitrogens with zero attached hydrogens (tertiary/aromatic N) is 2. The Balaban J connectivity index is 1.53. The van der Waals surface area contributed by atoms with Gasteiger partial charge in [-0.1, -0.05) is 24.3 Å². The van der Waals surface area contributed by atoms with Crippen LogP contribution in [0.5, 0.6) is 5.75 Å². The predicted molar refractivity (Wildman–Crippen MR) is 105 cm³/mol. The first-order valence-electron chi connectivity index (χ1n) is 9.18. The molecule has 0 radical (unpaired) electrons. The Morgan fingerprint density at radius 3 is 2.56 bits per heavy atom. The van der Waals surface area contributed by atoms with Crippen LogP contribution in [0.1, 0.15) is 24.0 Å². The number of rotatable bonds is 3. The van der Waals surface area contributed by atoms with Gasteiger partial charge in [-0.05, 0) is 61.2 Å². The molecule has 0 fully saturated rings. The predicted octanol–water partition coefficient (Wildman–Crippen LogP) is 4.50. The lowest BCUT2D eigenvalue weighted by molar-refractivity contribution is 0.288. The van der Waals surface area contributed by atoms with Crippen molar-refractivity contribution in [1.82, 2.24) is 4.90 Å². The summed E-state index contributed by atoms with van der Waals surface area (Å²) in [5.41, 5.74) is 6.52. The Bertz CT molecular complexity index is 779. The molecule has 0 amide bonds. The van der Waals surface area contributed by atoms with E-state index in [9.17, 15) is 0 Å². The van der Waals surface area contributed by atoms with E-state index >= 15 is 0 Å². The van der Waals surface area contributed by atoms with Gasteiger partial charge in [0.15, 0.2) is 0 Å². The third kappa shape index (κ3) is 3.42. The van der Waals surface area contributed by atoms with Crippen molar-refractivity contribution in [2.24, 2.45) is 0 Å². The molecule has 2 aromatic carbocycles. The van der Waals surface area contributed by atoms with Gasteiger partial charge in [0.1, 0.15) is 5.75 Å². The lowest BCUT2D eigenvalue weighted by atomic mass is 9.99.